The van der Waals surface area contributed by atoms with Crippen molar-refractivity contribution in [3.63, 3.8) is 0 Å². The SMILES string of the molecule is CCOc1cc(Cl)c(C(O)c2ccc(Cl)c(Br)c2)cc1Cl. The lowest BCUT2D eigenvalue weighted by Gasteiger charge is -2.16. The molecule has 0 spiro atoms. The lowest BCUT2D eigenvalue weighted by molar-refractivity contribution is 0.220. The highest BCUT2D eigenvalue weighted by Gasteiger charge is 2.18. The number of halogens is 4. The highest BCUT2D eigenvalue weighted by Crippen LogP contribution is 2.37. The van der Waals surface area contributed by atoms with Gasteiger partial charge in [-0.1, -0.05) is 40.9 Å². The van der Waals surface area contributed by atoms with Crippen molar-refractivity contribution in [2.45, 2.75) is 13.0 Å². The van der Waals surface area contributed by atoms with Gasteiger partial charge in [0.1, 0.15) is 11.9 Å². The van der Waals surface area contributed by atoms with E-state index >= 15 is 0 Å². The highest BCUT2D eigenvalue weighted by atomic mass is 79.9. The average molecular weight is 411 g/mol. The number of benzene rings is 2. The van der Waals surface area contributed by atoms with E-state index in [1.165, 1.54) is 0 Å². The maximum Gasteiger partial charge on any atom is 0.139 e. The summed E-state index contributed by atoms with van der Waals surface area (Å²) in [4.78, 5) is 0. The minimum Gasteiger partial charge on any atom is -0.492 e. The summed E-state index contributed by atoms with van der Waals surface area (Å²) in [5.74, 6) is 0.498. The number of aliphatic hydroxyl groups excluding tert-OH is 1. The molecule has 1 atom stereocenters. The first-order chi connectivity index (χ1) is 9.93. The van der Waals surface area contributed by atoms with Crippen molar-refractivity contribution in [1.29, 1.82) is 0 Å². The monoisotopic (exact) mass is 408 g/mol. The summed E-state index contributed by atoms with van der Waals surface area (Å²) in [6.45, 7) is 2.35. The van der Waals surface area contributed by atoms with Crippen LogP contribution >= 0.6 is 50.7 Å². The van der Waals surface area contributed by atoms with Crippen LogP contribution in [0.1, 0.15) is 24.2 Å². The summed E-state index contributed by atoms with van der Waals surface area (Å²) in [7, 11) is 0. The van der Waals surface area contributed by atoms with Crippen LogP contribution in [0.5, 0.6) is 5.75 Å². The van der Waals surface area contributed by atoms with Gasteiger partial charge in [0, 0.05) is 16.1 Å². The van der Waals surface area contributed by atoms with Crippen LogP contribution in [0.3, 0.4) is 0 Å². The summed E-state index contributed by atoms with van der Waals surface area (Å²) < 4.78 is 6.07. The van der Waals surface area contributed by atoms with E-state index in [4.69, 9.17) is 39.5 Å². The fourth-order valence-corrected chi connectivity index (χ4v) is 2.88. The molecule has 0 amide bonds. The molecule has 2 aromatic carbocycles. The van der Waals surface area contributed by atoms with E-state index in [0.29, 0.717) is 43.0 Å². The zero-order chi connectivity index (χ0) is 15.6. The third kappa shape index (κ3) is 3.85. The molecule has 0 aliphatic heterocycles. The molecule has 0 saturated heterocycles. The van der Waals surface area contributed by atoms with Gasteiger partial charge < -0.3 is 9.84 Å². The van der Waals surface area contributed by atoms with Crippen molar-refractivity contribution < 1.29 is 9.84 Å². The van der Waals surface area contributed by atoms with E-state index in [2.05, 4.69) is 15.9 Å². The van der Waals surface area contributed by atoms with Gasteiger partial charge in [0.25, 0.3) is 0 Å². The number of aliphatic hydroxyl groups is 1. The van der Waals surface area contributed by atoms with Crippen molar-refractivity contribution in [1.82, 2.24) is 0 Å². The Labute approximate surface area is 146 Å². The second-order valence-electron chi connectivity index (χ2n) is 4.31. The van der Waals surface area contributed by atoms with Gasteiger partial charge >= 0.3 is 0 Å². The van der Waals surface area contributed by atoms with Crippen LogP contribution in [0.4, 0.5) is 0 Å². The van der Waals surface area contributed by atoms with Gasteiger partial charge in [0.2, 0.25) is 0 Å². The van der Waals surface area contributed by atoms with Gasteiger partial charge in [-0.3, -0.25) is 0 Å². The Morgan fingerprint density at radius 3 is 2.43 bits per heavy atom. The van der Waals surface area contributed by atoms with Crippen LogP contribution in [-0.2, 0) is 0 Å². The molecule has 112 valence electrons. The van der Waals surface area contributed by atoms with Crippen molar-refractivity contribution >= 4 is 50.7 Å². The van der Waals surface area contributed by atoms with Crippen LogP contribution in [0.15, 0.2) is 34.8 Å². The van der Waals surface area contributed by atoms with Crippen LogP contribution < -0.4 is 4.74 Å². The Hall–Kier alpha value is -0.450. The molecule has 2 aromatic rings. The largest absolute Gasteiger partial charge is 0.492 e. The van der Waals surface area contributed by atoms with E-state index in [1.807, 2.05) is 6.92 Å². The third-order valence-electron chi connectivity index (χ3n) is 2.91. The molecule has 6 heteroatoms. The Morgan fingerprint density at radius 1 is 1.10 bits per heavy atom. The molecule has 1 N–H and O–H groups in total. The van der Waals surface area contributed by atoms with E-state index in [0.717, 1.165) is 0 Å². The molecule has 2 nitrogen and oxygen atoms in total. The zero-order valence-corrected chi connectivity index (χ0v) is 14.9. The first kappa shape index (κ1) is 16.9. The van der Waals surface area contributed by atoms with E-state index in [-0.39, 0.29) is 0 Å². The number of hydrogen-bond acceptors (Lipinski definition) is 2. The van der Waals surface area contributed by atoms with E-state index in [9.17, 15) is 5.11 Å². The first-order valence-corrected chi connectivity index (χ1v) is 8.11. The molecule has 2 rings (SSSR count). The quantitative estimate of drug-likeness (QED) is 0.681. The molecular formula is C15H12BrCl3O2. The molecular weight excluding hydrogens is 398 g/mol. The molecule has 0 aliphatic carbocycles. The van der Waals surface area contributed by atoms with Gasteiger partial charge in [-0.25, -0.2) is 0 Å². The van der Waals surface area contributed by atoms with Crippen molar-refractivity contribution in [2.75, 3.05) is 6.61 Å². The fraction of sp³-hybridized carbons (Fsp3) is 0.200. The van der Waals surface area contributed by atoms with Gasteiger partial charge in [-0.2, -0.15) is 0 Å². The van der Waals surface area contributed by atoms with Crippen LogP contribution in [0, 0.1) is 0 Å². The molecule has 0 bridgehead atoms. The van der Waals surface area contributed by atoms with Crippen molar-refractivity contribution in [3.8, 4) is 5.75 Å². The maximum atomic E-state index is 10.5. The highest BCUT2D eigenvalue weighted by molar-refractivity contribution is 9.10. The van der Waals surface area contributed by atoms with Crippen LogP contribution in [-0.4, -0.2) is 11.7 Å². The van der Waals surface area contributed by atoms with E-state index < -0.39 is 6.10 Å². The average Bonchev–Trinajstić information content (AvgIpc) is 2.45. The normalized spacial score (nSPS) is 12.3. The summed E-state index contributed by atoms with van der Waals surface area (Å²) >= 11 is 21.6. The fourth-order valence-electron chi connectivity index (χ4n) is 1.88. The van der Waals surface area contributed by atoms with Gasteiger partial charge in [-0.05, 0) is 46.6 Å². The molecule has 0 saturated carbocycles. The minimum absolute atomic E-state index is 0.390. The lowest BCUT2D eigenvalue weighted by atomic mass is 10.0. The number of ether oxygens (including phenoxy) is 1. The maximum absolute atomic E-state index is 10.5. The lowest BCUT2D eigenvalue weighted by Crippen LogP contribution is -2.02. The number of hydrogen-bond donors (Lipinski definition) is 1. The minimum atomic E-state index is -0.903. The molecule has 0 aliphatic rings. The molecule has 0 aromatic heterocycles. The molecule has 21 heavy (non-hydrogen) atoms. The van der Waals surface area contributed by atoms with Gasteiger partial charge in [-0.15, -0.1) is 0 Å². The second-order valence-corrected chi connectivity index (χ2v) is 6.39. The third-order valence-corrected chi connectivity index (χ3v) is 4.74. The van der Waals surface area contributed by atoms with E-state index in [1.54, 1.807) is 30.3 Å². The number of rotatable bonds is 4. The predicted molar refractivity (Wildman–Crippen MR) is 90.8 cm³/mol. The van der Waals surface area contributed by atoms with Crippen LogP contribution in [0.25, 0.3) is 0 Å². The van der Waals surface area contributed by atoms with Gasteiger partial charge in [0.15, 0.2) is 0 Å². The molecule has 0 fully saturated rings. The Kier molecular flexibility index (Phi) is 5.81. The standard InChI is InChI=1S/C15H12BrCl3O2/c1-2-21-14-7-12(18)9(6-13(14)19)15(20)8-3-4-11(17)10(16)5-8/h3-7,15,20H,2H2,1H3. The first-order valence-electron chi connectivity index (χ1n) is 6.18. The van der Waals surface area contributed by atoms with Crippen molar-refractivity contribution in [3.05, 3.63) is 61.0 Å². The second kappa shape index (κ2) is 7.21. The zero-order valence-electron chi connectivity index (χ0n) is 11.0. The molecule has 1 unspecified atom stereocenters. The van der Waals surface area contributed by atoms with Crippen molar-refractivity contribution in [2.24, 2.45) is 0 Å². The van der Waals surface area contributed by atoms with Crippen LogP contribution in [0.2, 0.25) is 15.1 Å². The molecule has 0 heterocycles. The summed E-state index contributed by atoms with van der Waals surface area (Å²) in [5, 5.41) is 11.9. The molecule has 0 radical (unpaired) electrons. The summed E-state index contributed by atoms with van der Waals surface area (Å²) in [6.07, 6.45) is -0.903. The Balaban J connectivity index is 2.40. The summed E-state index contributed by atoms with van der Waals surface area (Å²) in [5.41, 5.74) is 1.17. The Bertz CT molecular complexity index is 662. The summed E-state index contributed by atoms with van der Waals surface area (Å²) in [6, 6.07) is 8.40. The van der Waals surface area contributed by atoms with Gasteiger partial charge in [0.05, 0.1) is 21.7 Å². The predicted octanol–water partition coefficient (Wildman–Crippen LogP) is 5.89. The topological polar surface area (TPSA) is 29.5 Å². The Morgan fingerprint density at radius 2 is 1.81 bits per heavy atom. The smallest absolute Gasteiger partial charge is 0.139 e.